The van der Waals surface area contributed by atoms with Crippen LogP contribution in [0.2, 0.25) is 5.62 Å². The van der Waals surface area contributed by atoms with Crippen molar-refractivity contribution in [2.24, 2.45) is 0 Å². The van der Waals surface area contributed by atoms with Gasteiger partial charge in [0, 0.05) is 313 Å². The van der Waals surface area contributed by atoms with Crippen molar-refractivity contribution < 1.29 is 0 Å². The van der Waals surface area contributed by atoms with E-state index in [-0.39, 0.29) is 0 Å². The molecular weight excluding hydrogens is 488 g/mol. The van der Waals surface area contributed by atoms with E-state index >= 15 is 0 Å². The van der Waals surface area contributed by atoms with Crippen molar-refractivity contribution in [3.05, 3.63) is 0 Å². The zero-order chi connectivity index (χ0) is 35.8. The Morgan fingerprint density at radius 2 is 0.444 bits per heavy atom. The molecule has 0 N–H and O–H groups in total. The molecule has 0 aliphatic heterocycles. The monoisotopic (exact) mass is 497 g/mol. The van der Waals surface area contributed by atoms with E-state index in [1.54, 1.807) is 0 Å². The molecule has 0 heterocycles. The molecule has 0 saturated carbocycles. The Hall–Kier alpha value is 2.86. The van der Waals surface area contributed by atoms with Gasteiger partial charge in [-0.25, -0.2) is 0 Å². The van der Waals surface area contributed by atoms with E-state index in [0.29, 0.717) is 0 Å². The smallest absolute Gasteiger partial charge is 0.0294 e. The third-order valence-electron chi connectivity index (χ3n) is 9.11. The summed E-state index contributed by atoms with van der Waals surface area (Å²) in [4.78, 5) is 0. The van der Waals surface area contributed by atoms with Crippen molar-refractivity contribution in [1.82, 2.24) is 0 Å². The third kappa shape index (κ3) is 13.1. The van der Waals surface area contributed by atoms with Gasteiger partial charge in [-0.1, -0.05) is 0 Å². The summed E-state index contributed by atoms with van der Waals surface area (Å²) >= 11 is 0. The van der Waals surface area contributed by atoms with Gasteiger partial charge in [0.05, 0.1) is 0 Å². The lowest BCUT2D eigenvalue weighted by atomic mass is 8.37. The molecule has 44 heteroatoms. The second-order valence-corrected chi connectivity index (χ2v) is 12.3. The van der Waals surface area contributed by atoms with Crippen LogP contribution in [0.15, 0.2) is 0 Å². The molecule has 0 amide bonds. The lowest BCUT2D eigenvalue weighted by Gasteiger charge is -2.57. The minimum atomic E-state index is -1.27. The molecule has 47 radical (unpaired) electrons. The van der Waals surface area contributed by atoms with E-state index in [2.05, 4.69) is 0 Å². The van der Waals surface area contributed by atoms with Crippen LogP contribution in [0, 0.1) is 0 Å². The van der Waals surface area contributed by atoms with E-state index < -0.39 is 134 Å². The second kappa shape index (κ2) is 22.0. The molecule has 0 saturated heterocycles. The molecular formula is CHB44. The zero-order valence-electron chi connectivity index (χ0n) is 26.0. The number of hydrogen-bond donors (Lipinski definition) is 0. The summed E-state index contributed by atoms with van der Waals surface area (Å²) in [6.07, 6.45) is -20.4. The summed E-state index contributed by atoms with van der Waals surface area (Å²) in [6.45, 7) is -3.37. The van der Waals surface area contributed by atoms with Gasteiger partial charge in [0.2, 0.25) is 0 Å². The van der Waals surface area contributed by atoms with Gasteiger partial charge in [0.1, 0.15) is 0 Å². The maximum Gasteiger partial charge on any atom is 0.0294 e. The Labute approximate surface area is 316 Å². The van der Waals surface area contributed by atoms with Crippen LogP contribution >= 0.6 is 0 Å². The van der Waals surface area contributed by atoms with Gasteiger partial charge in [-0.2, -0.15) is 0 Å². The highest BCUT2D eigenvalue weighted by molar-refractivity contribution is 8.16. The normalized spacial score (nSPS) is 9.80. The summed E-state index contributed by atoms with van der Waals surface area (Å²) in [5.74, 6) is 0. The van der Waals surface area contributed by atoms with Crippen LogP contribution in [0.5, 0.6) is 0 Å². The van der Waals surface area contributed by atoms with Crippen molar-refractivity contribution in [3.63, 3.8) is 0 Å². The highest BCUT2D eigenvalue weighted by Crippen LogP contribution is 2.31. The van der Waals surface area contributed by atoms with Gasteiger partial charge in [-0.05, 0) is 0 Å². The molecule has 0 aliphatic rings. The summed E-state index contributed by atoms with van der Waals surface area (Å²) in [6, 6.07) is 0. The average molecular weight is 489 g/mol. The largest absolute Gasteiger partial charge is 0.146 e. The Balaban J connectivity index is 8.98. The fourth-order valence-corrected chi connectivity index (χ4v) is 7.44. The minimum absolute atomic E-state index is 1.02. The molecule has 0 fully saturated rings. The van der Waals surface area contributed by atoms with Crippen LogP contribution in [0.25, 0.3) is 0 Å². The summed E-state index contributed by atoms with van der Waals surface area (Å²) in [7, 11) is 147. The molecule has 0 unspecified atom stereocenters. The van der Waals surface area contributed by atoms with Crippen molar-refractivity contribution in [2.45, 2.75) is 5.62 Å². The fourth-order valence-electron chi connectivity index (χ4n) is 7.44. The average Bonchev–Trinajstić information content (AvgIpc) is 2.81. The van der Waals surface area contributed by atoms with E-state index in [1.807, 2.05) is 0 Å². The number of rotatable bonds is 21. The Kier molecular flexibility index (Phi) is 23.4. The Morgan fingerprint density at radius 1 is 0.267 bits per heavy atom. The lowest BCUT2D eigenvalue weighted by molar-refractivity contribution is 1.80. The first-order valence-electron chi connectivity index (χ1n) is 14.7. The summed E-state index contributed by atoms with van der Waals surface area (Å²) in [5, 5.41) is 0. The highest BCUT2D eigenvalue weighted by Gasteiger charge is 2.57. The van der Waals surface area contributed by atoms with Crippen LogP contribution in [0.4, 0.5) is 0 Å². The molecule has 0 spiro atoms. The first-order valence-corrected chi connectivity index (χ1v) is 14.7. The maximum atomic E-state index is 6.35. The second-order valence-electron chi connectivity index (χ2n) is 12.3. The quantitative estimate of drug-likeness (QED) is 0.141. The van der Waals surface area contributed by atoms with E-state index in [1.165, 1.54) is 7.06 Å². The number of hydrogen-bond acceptors (Lipinski definition) is 0. The van der Waals surface area contributed by atoms with Crippen LogP contribution in [-0.2, 0) is 0 Å². The van der Waals surface area contributed by atoms with Crippen LogP contribution in [0.1, 0.15) is 0 Å². The summed E-state index contributed by atoms with van der Waals surface area (Å²) in [5.41, 5.74) is -1.16. The molecule has 0 aromatic rings. The third-order valence-corrected chi connectivity index (χ3v) is 9.11. The van der Waals surface area contributed by atoms with E-state index in [4.69, 9.17) is 178 Å². The van der Waals surface area contributed by atoms with E-state index in [0.717, 1.165) is 0 Å². The molecule has 0 aliphatic carbocycles. The van der Waals surface area contributed by atoms with Crippen LogP contribution in [0.3, 0.4) is 0 Å². The van der Waals surface area contributed by atoms with Crippen molar-refractivity contribution >= 4 is 313 Å². The standard InChI is InChI=1S/CHB44/c2-25-40(29(3)4)26(41(30(5)6)31(7)8)1(27(42(32(9)10)33(11)12)43(34(13)14)35(15)16)28(44(36(17)18)37(19)20)45(38(21)22)39(23)24/h1H. The maximum absolute atomic E-state index is 6.35. The topological polar surface area (TPSA) is 0 Å². The first-order chi connectivity index (χ1) is 20.5. The summed E-state index contributed by atoms with van der Waals surface area (Å²) < 4.78 is 0. The predicted octanol–water partition coefficient (Wildman–Crippen LogP) is -16.4. The van der Waals surface area contributed by atoms with E-state index in [9.17, 15) is 0 Å². The lowest BCUT2D eigenvalue weighted by Crippen LogP contribution is -2.87. The van der Waals surface area contributed by atoms with Crippen molar-refractivity contribution in [1.29, 1.82) is 0 Å². The molecule has 45 heavy (non-hydrogen) atoms. The first kappa shape index (κ1) is 47.9. The van der Waals surface area contributed by atoms with Crippen molar-refractivity contribution in [3.8, 4) is 0 Å². The molecule has 0 aromatic heterocycles. The molecule has 137 valence electrons. The van der Waals surface area contributed by atoms with Gasteiger partial charge < -0.3 is 0 Å². The molecule has 0 rings (SSSR count). The fraction of sp³-hybridized carbons (Fsp3) is 1.00. The van der Waals surface area contributed by atoms with Crippen LogP contribution < -0.4 is 0 Å². The SMILES string of the molecule is [B][B]B(B([B])[B])B(B(B([B])[B])B([B])[B])C(B(B(B([B])[B])B([B])[B])B(B([B])[B])B([B])[B])B(B(B([B])[B])B([B])[B])B(B([B])[B])B([B])[B]. The molecule has 0 nitrogen and oxygen atoms in total. The Morgan fingerprint density at radius 3 is 0.578 bits per heavy atom. The van der Waals surface area contributed by atoms with Crippen molar-refractivity contribution in [2.75, 3.05) is 0 Å². The van der Waals surface area contributed by atoms with Gasteiger partial charge in [-0.15, -0.1) is 5.62 Å². The van der Waals surface area contributed by atoms with Gasteiger partial charge in [0.25, 0.3) is 0 Å². The highest BCUT2D eigenvalue weighted by atomic mass is 13.7. The molecule has 0 atom stereocenters. The van der Waals surface area contributed by atoms with Gasteiger partial charge in [-0.3, -0.25) is 0 Å². The Bertz CT molecular complexity index is 629. The van der Waals surface area contributed by atoms with Gasteiger partial charge >= 0.3 is 0 Å². The minimum Gasteiger partial charge on any atom is -0.146 e. The zero-order valence-corrected chi connectivity index (χ0v) is 26.0. The molecule has 0 bridgehead atoms. The van der Waals surface area contributed by atoms with Gasteiger partial charge in [0.15, 0.2) is 0 Å². The van der Waals surface area contributed by atoms with Crippen LogP contribution in [-0.4, -0.2) is 313 Å². The predicted molar refractivity (Wildman–Crippen MR) is 257 cm³/mol. The molecule has 0 aromatic carbocycles.